The second-order valence-electron chi connectivity index (χ2n) is 6.18. The third-order valence-electron chi connectivity index (χ3n) is 4.13. The maximum atomic E-state index is 11.2. The average molecular weight is 503 g/mol. The van der Waals surface area contributed by atoms with Gasteiger partial charge in [0, 0.05) is 10.2 Å². The number of hydrogen-bond donors (Lipinski definition) is 2. The molecule has 0 aromatic heterocycles. The van der Waals surface area contributed by atoms with Crippen LogP contribution in [0.4, 0.5) is 0 Å². The van der Waals surface area contributed by atoms with E-state index >= 15 is 0 Å². The number of carboxylic acids is 1. The normalized spacial score (nSPS) is 18.4. The third-order valence-corrected chi connectivity index (χ3v) is 6.20. The van der Waals surface area contributed by atoms with Crippen molar-refractivity contribution in [2.75, 3.05) is 25.6 Å². The summed E-state index contributed by atoms with van der Waals surface area (Å²) in [5.74, 6) is 1.37. The SMILES string of the molecule is CCOc1cc(C2NC(C(=O)O)CS2)cc(Cl)c1OCCOc1ccc(Br)cc1. The highest BCUT2D eigenvalue weighted by Crippen LogP contribution is 2.42. The van der Waals surface area contributed by atoms with Gasteiger partial charge in [0.25, 0.3) is 0 Å². The summed E-state index contributed by atoms with van der Waals surface area (Å²) in [6.07, 6.45) is 0. The van der Waals surface area contributed by atoms with E-state index < -0.39 is 12.0 Å². The first-order valence-electron chi connectivity index (χ1n) is 9.05. The minimum atomic E-state index is -0.859. The number of benzene rings is 2. The summed E-state index contributed by atoms with van der Waals surface area (Å²) in [6.45, 7) is 2.98. The summed E-state index contributed by atoms with van der Waals surface area (Å²) in [7, 11) is 0. The lowest BCUT2D eigenvalue weighted by Gasteiger charge is -2.18. The Kier molecular flexibility index (Phi) is 7.94. The molecule has 0 aliphatic carbocycles. The van der Waals surface area contributed by atoms with E-state index in [0.717, 1.165) is 15.8 Å². The number of ether oxygens (including phenoxy) is 3. The molecule has 0 bridgehead atoms. The molecule has 9 heteroatoms. The molecule has 2 atom stereocenters. The Hall–Kier alpha value is -1.61. The Morgan fingerprint density at radius 3 is 2.62 bits per heavy atom. The Labute approximate surface area is 187 Å². The van der Waals surface area contributed by atoms with Crippen molar-refractivity contribution in [2.24, 2.45) is 0 Å². The van der Waals surface area contributed by atoms with Gasteiger partial charge >= 0.3 is 5.97 Å². The molecule has 0 radical (unpaired) electrons. The molecule has 0 saturated carbocycles. The van der Waals surface area contributed by atoms with Gasteiger partial charge in [-0.1, -0.05) is 27.5 Å². The van der Waals surface area contributed by atoms with Gasteiger partial charge in [-0.05, 0) is 48.9 Å². The molecule has 2 unspecified atom stereocenters. The van der Waals surface area contributed by atoms with Crippen LogP contribution in [0.3, 0.4) is 0 Å². The molecule has 2 N–H and O–H groups in total. The number of carboxylic acid groups (broad SMARTS) is 1. The molecule has 1 aliphatic heterocycles. The van der Waals surface area contributed by atoms with Gasteiger partial charge in [-0.25, -0.2) is 0 Å². The van der Waals surface area contributed by atoms with Crippen molar-refractivity contribution in [1.29, 1.82) is 0 Å². The third kappa shape index (κ3) is 5.94. The van der Waals surface area contributed by atoms with Crippen LogP contribution in [0, 0.1) is 0 Å². The Bertz CT molecular complexity index is 852. The van der Waals surface area contributed by atoms with Gasteiger partial charge in [-0.3, -0.25) is 10.1 Å². The van der Waals surface area contributed by atoms with Crippen molar-refractivity contribution in [2.45, 2.75) is 18.3 Å². The predicted molar refractivity (Wildman–Crippen MR) is 118 cm³/mol. The summed E-state index contributed by atoms with van der Waals surface area (Å²) in [5.41, 5.74) is 0.852. The van der Waals surface area contributed by atoms with Crippen LogP contribution in [-0.2, 0) is 4.79 Å². The van der Waals surface area contributed by atoms with E-state index in [9.17, 15) is 9.90 Å². The van der Waals surface area contributed by atoms with Crippen LogP contribution < -0.4 is 19.5 Å². The first-order valence-corrected chi connectivity index (χ1v) is 11.3. The Balaban J connectivity index is 1.64. The molecule has 156 valence electrons. The predicted octanol–water partition coefficient (Wildman–Crippen LogP) is 4.75. The van der Waals surface area contributed by atoms with Gasteiger partial charge in [0.1, 0.15) is 25.0 Å². The zero-order valence-electron chi connectivity index (χ0n) is 15.7. The van der Waals surface area contributed by atoms with Gasteiger partial charge in [0.05, 0.1) is 17.0 Å². The van der Waals surface area contributed by atoms with Crippen molar-refractivity contribution in [3.63, 3.8) is 0 Å². The highest BCUT2D eigenvalue weighted by Gasteiger charge is 2.31. The van der Waals surface area contributed by atoms with Crippen LogP contribution >= 0.6 is 39.3 Å². The average Bonchev–Trinajstić information content (AvgIpc) is 3.19. The minimum absolute atomic E-state index is 0.164. The molecule has 0 amide bonds. The number of hydrogen-bond acceptors (Lipinski definition) is 6. The maximum Gasteiger partial charge on any atom is 0.321 e. The summed E-state index contributed by atoms with van der Waals surface area (Å²) in [5, 5.41) is 12.5. The molecular formula is C20H21BrClNO5S. The molecule has 2 aromatic carbocycles. The van der Waals surface area contributed by atoms with Crippen molar-refractivity contribution in [3.8, 4) is 17.2 Å². The first kappa shape index (κ1) is 22.1. The van der Waals surface area contributed by atoms with Crippen molar-refractivity contribution < 1.29 is 24.1 Å². The smallest absolute Gasteiger partial charge is 0.321 e. The molecule has 1 fully saturated rings. The summed E-state index contributed by atoms with van der Waals surface area (Å²) in [6, 6.07) is 10.6. The van der Waals surface area contributed by atoms with Crippen LogP contribution in [0.1, 0.15) is 17.9 Å². The van der Waals surface area contributed by atoms with Gasteiger partial charge < -0.3 is 19.3 Å². The maximum absolute atomic E-state index is 11.2. The van der Waals surface area contributed by atoms with Gasteiger partial charge in [0.2, 0.25) is 0 Å². The van der Waals surface area contributed by atoms with Crippen LogP contribution in [0.5, 0.6) is 17.2 Å². The lowest BCUT2D eigenvalue weighted by atomic mass is 10.2. The molecule has 29 heavy (non-hydrogen) atoms. The first-order chi connectivity index (χ1) is 14.0. The molecule has 6 nitrogen and oxygen atoms in total. The van der Waals surface area contributed by atoms with E-state index in [1.807, 2.05) is 37.3 Å². The minimum Gasteiger partial charge on any atom is -0.490 e. The number of thioether (sulfide) groups is 1. The van der Waals surface area contributed by atoms with Crippen molar-refractivity contribution >= 4 is 45.3 Å². The van der Waals surface area contributed by atoms with Gasteiger partial charge in [0.15, 0.2) is 11.5 Å². The van der Waals surface area contributed by atoms with E-state index in [0.29, 0.717) is 42.1 Å². The van der Waals surface area contributed by atoms with Crippen molar-refractivity contribution in [1.82, 2.24) is 5.32 Å². The fourth-order valence-corrected chi connectivity index (χ4v) is 4.53. The topological polar surface area (TPSA) is 77.0 Å². The number of nitrogens with one attached hydrogen (secondary N) is 1. The van der Waals surface area contributed by atoms with Crippen LogP contribution in [0.25, 0.3) is 0 Å². The highest BCUT2D eigenvalue weighted by molar-refractivity contribution is 9.10. The standard InChI is InChI=1S/C20H21BrClNO5S/c1-2-26-17-10-12(19-23-16(11-29-19)20(24)25)9-15(22)18(17)28-8-7-27-14-5-3-13(21)4-6-14/h3-6,9-10,16,19,23H,2,7-8,11H2,1H3,(H,24,25). The lowest BCUT2D eigenvalue weighted by molar-refractivity contribution is -0.138. The molecule has 0 spiro atoms. The quantitative estimate of drug-likeness (QED) is 0.479. The zero-order valence-corrected chi connectivity index (χ0v) is 18.9. The number of halogens is 2. The molecule has 1 heterocycles. The van der Waals surface area contributed by atoms with Crippen LogP contribution in [0.15, 0.2) is 40.9 Å². The van der Waals surface area contributed by atoms with Gasteiger partial charge in [-0.15, -0.1) is 11.8 Å². The molecule has 2 aromatic rings. The molecule has 3 rings (SSSR count). The second kappa shape index (κ2) is 10.4. The molecular weight excluding hydrogens is 482 g/mol. The monoisotopic (exact) mass is 501 g/mol. The summed E-state index contributed by atoms with van der Waals surface area (Å²) >= 11 is 11.4. The van der Waals surface area contributed by atoms with Crippen LogP contribution in [0.2, 0.25) is 5.02 Å². The lowest BCUT2D eigenvalue weighted by Crippen LogP contribution is -2.33. The fraction of sp³-hybridized carbons (Fsp3) is 0.350. The number of carbonyl (C=O) groups is 1. The number of rotatable bonds is 9. The molecule has 1 aliphatic rings. The Morgan fingerprint density at radius 1 is 1.24 bits per heavy atom. The number of aliphatic carboxylic acids is 1. The zero-order chi connectivity index (χ0) is 20.8. The summed E-state index contributed by atoms with van der Waals surface area (Å²) < 4.78 is 18.2. The van der Waals surface area contributed by atoms with E-state index in [4.69, 9.17) is 25.8 Å². The van der Waals surface area contributed by atoms with Gasteiger partial charge in [-0.2, -0.15) is 0 Å². The molecule has 1 saturated heterocycles. The van der Waals surface area contributed by atoms with E-state index in [-0.39, 0.29) is 5.37 Å². The van der Waals surface area contributed by atoms with Crippen molar-refractivity contribution in [3.05, 3.63) is 51.5 Å². The largest absolute Gasteiger partial charge is 0.490 e. The fourth-order valence-electron chi connectivity index (χ4n) is 2.78. The van der Waals surface area contributed by atoms with E-state index in [1.165, 1.54) is 11.8 Å². The van der Waals surface area contributed by atoms with Crippen LogP contribution in [-0.4, -0.2) is 42.7 Å². The summed E-state index contributed by atoms with van der Waals surface area (Å²) in [4.78, 5) is 11.2. The second-order valence-corrected chi connectivity index (χ2v) is 8.65. The van der Waals surface area contributed by atoms with E-state index in [1.54, 1.807) is 6.07 Å². The highest BCUT2D eigenvalue weighted by atomic mass is 79.9. The Morgan fingerprint density at radius 2 is 1.97 bits per heavy atom. The van der Waals surface area contributed by atoms with E-state index in [2.05, 4.69) is 21.2 Å².